The fourth-order valence-corrected chi connectivity index (χ4v) is 1.56. The lowest BCUT2D eigenvalue weighted by Gasteiger charge is -2.19. The molecule has 9 heteroatoms. The fourth-order valence-electron chi connectivity index (χ4n) is 1.56. The molecule has 1 N–H and O–H groups in total. The van der Waals surface area contributed by atoms with Crippen LogP contribution >= 0.6 is 0 Å². The molecule has 0 aromatic heterocycles. The van der Waals surface area contributed by atoms with E-state index in [1.54, 1.807) is 0 Å². The number of amides is 1. The first-order valence-corrected chi connectivity index (χ1v) is 5.11. The van der Waals surface area contributed by atoms with Crippen molar-refractivity contribution in [3.05, 3.63) is 10.4 Å². The SMILES string of the molecule is CC(=O)N[C@H]1[C@@H](COC(C)=O)OC(=O)[C@@H]1N=[N+]=[N-]. The molecule has 98 valence electrons. The molecule has 0 spiro atoms. The molecule has 9 nitrogen and oxygen atoms in total. The van der Waals surface area contributed by atoms with E-state index in [9.17, 15) is 14.4 Å². The smallest absolute Gasteiger partial charge is 0.317 e. The van der Waals surface area contributed by atoms with Gasteiger partial charge in [0.15, 0.2) is 12.1 Å². The molecule has 1 fully saturated rings. The van der Waals surface area contributed by atoms with Crippen LogP contribution in [0.15, 0.2) is 5.11 Å². The molecule has 1 aliphatic rings. The Hall–Kier alpha value is -2.28. The quantitative estimate of drug-likeness (QED) is 0.318. The van der Waals surface area contributed by atoms with Gasteiger partial charge in [0.1, 0.15) is 6.61 Å². The second-order valence-corrected chi connectivity index (χ2v) is 3.65. The molecule has 0 aromatic carbocycles. The number of carbonyl (C=O) groups is 3. The van der Waals surface area contributed by atoms with Gasteiger partial charge in [-0.25, -0.2) is 0 Å². The summed E-state index contributed by atoms with van der Waals surface area (Å²) in [7, 11) is 0. The van der Waals surface area contributed by atoms with Gasteiger partial charge in [-0.15, -0.1) is 0 Å². The van der Waals surface area contributed by atoms with Crippen molar-refractivity contribution in [2.45, 2.75) is 32.0 Å². The summed E-state index contributed by atoms with van der Waals surface area (Å²) in [6.07, 6.45) is -0.860. The predicted molar refractivity (Wildman–Crippen MR) is 57.1 cm³/mol. The third-order valence-electron chi connectivity index (χ3n) is 2.25. The van der Waals surface area contributed by atoms with Gasteiger partial charge < -0.3 is 14.8 Å². The maximum absolute atomic E-state index is 11.4. The van der Waals surface area contributed by atoms with Crippen LogP contribution in [0.25, 0.3) is 10.4 Å². The molecule has 0 aliphatic carbocycles. The summed E-state index contributed by atoms with van der Waals surface area (Å²) in [5.74, 6) is -1.71. The van der Waals surface area contributed by atoms with Crippen molar-refractivity contribution >= 4 is 17.8 Å². The molecular formula is C9H12N4O5. The second-order valence-electron chi connectivity index (χ2n) is 3.65. The lowest BCUT2D eigenvalue weighted by atomic mass is 10.1. The van der Waals surface area contributed by atoms with E-state index in [1.807, 2.05) is 0 Å². The minimum atomic E-state index is -1.15. The van der Waals surface area contributed by atoms with Gasteiger partial charge in [0.05, 0.1) is 6.04 Å². The van der Waals surface area contributed by atoms with Crippen LogP contribution in [0.1, 0.15) is 13.8 Å². The number of ether oxygens (including phenoxy) is 2. The largest absolute Gasteiger partial charge is 0.462 e. The van der Waals surface area contributed by atoms with Gasteiger partial charge in [0.25, 0.3) is 0 Å². The highest BCUT2D eigenvalue weighted by Gasteiger charge is 2.45. The first kappa shape index (κ1) is 13.8. The Labute approximate surface area is 102 Å². The summed E-state index contributed by atoms with van der Waals surface area (Å²) >= 11 is 0. The van der Waals surface area contributed by atoms with Crippen LogP contribution in [0.5, 0.6) is 0 Å². The maximum Gasteiger partial charge on any atom is 0.317 e. The summed E-state index contributed by atoms with van der Waals surface area (Å²) in [4.78, 5) is 35.7. The van der Waals surface area contributed by atoms with Gasteiger partial charge in [0, 0.05) is 18.8 Å². The number of nitrogens with one attached hydrogen (secondary N) is 1. The number of carbonyl (C=O) groups excluding carboxylic acids is 3. The van der Waals surface area contributed by atoms with Crippen molar-refractivity contribution in [2.24, 2.45) is 5.11 Å². The van der Waals surface area contributed by atoms with E-state index in [4.69, 9.17) is 15.0 Å². The summed E-state index contributed by atoms with van der Waals surface area (Å²) in [5.41, 5.74) is 8.35. The van der Waals surface area contributed by atoms with Crippen LogP contribution in [0.3, 0.4) is 0 Å². The lowest BCUT2D eigenvalue weighted by molar-refractivity contribution is -0.152. The molecule has 0 unspecified atom stereocenters. The van der Waals surface area contributed by atoms with Gasteiger partial charge >= 0.3 is 11.9 Å². The molecule has 0 aromatic rings. The van der Waals surface area contributed by atoms with E-state index in [0.29, 0.717) is 0 Å². The van der Waals surface area contributed by atoms with Crippen molar-refractivity contribution in [3.63, 3.8) is 0 Å². The third-order valence-corrected chi connectivity index (χ3v) is 2.25. The number of nitrogens with zero attached hydrogens (tertiary/aromatic N) is 3. The lowest BCUT2D eigenvalue weighted by Crippen LogP contribution is -2.47. The highest BCUT2D eigenvalue weighted by Crippen LogP contribution is 2.19. The topological polar surface area (TPSA) is 130 Å². The third kappa shape index (κ3) is 3.36. The molecular weight excluding hydrogens is 244 g/mol. The van der Waals surface area contributed by atoms with E-state index in [2.05, 4.69) is 15.3 Å². The zero-order chi connectivity index (χ0) is 13.7. The van der Waals surface area contributed by atoms with Gasteiger partial charge in [-0.1, -0.05) is 5.11 Å². The highest BCUT2D eigenvalue weighted by atomic mass is 16.6. The normalized spacial score (nSPS) is 25.9. The minimum Gasteiger partial charge on any atom is -0.462 e. The highest BCUT2D eigenvalue weighted by molar-refractivity contribution is 5.82. The summed E-state index contributed by atoms with van der Waals surface area (Å²) in [6, 6.07) is -2.00. The molecule has 0 radical (unpaired) electrons. The molecule has 1 heterocycles. The summed E-state index contributed by atoms with van der Waals surface area (Å²) < 4.78 is 9.60. The van der Waals surface area contributed by atoms with Crippen molar-refractivity contribution in [2.75, 3.05) is 6.61 Å². The van der Waals surface area contributed by atoms with Crippen molar-refractivity contribution < 1.29 is 23.9 Å². The van der Waals surface area contributed by atoms with Crippen molar-refractivity contribution in [3.8, 4) is 0 Å². The van der Waals surface area contributed by atoms with E-state index >= 15 is 0 Å². The van der Waals surface area contributed by atoms with Gasteiger partial charge in [-0.3, -0.25) is 14.4 Å². The maximum atomic E-state index is 11.4. The zero-order valence-corrected chi connectivity index (χ0v) is 9.82. The molecule has 1 amide bonds. The molecule has 18 heavy (non-hydrogen) atoms. The molecule has 0 saturated carbocycles. The van der Waals surface area contributed by atoms with Gasteiger partial charge in [-0.05, 0) is 5.53 Å². The Morgan fingerprint density at radius 1 is 1.56 bits per heavy atom. The van der Waals surface area contributed by atoms with Crippen molar-refractivity contribution in [1.82, 2.24) is 5.32 Å². The standard InChI is InChI=1S/C9H12N4O5/c1-4(14)11-7-6(3-17-5(2)15)18-9(16)8(7)12-13-10/h6-8H,3H2,1-2H3,(H,11,14)/t6-,7+,8-/m1/s1. The molecule has 1 saturated heterocycles. The molecule has 1 aliphatic heterocycles. The van der Waals surface area contributed by atoms with Crippen LogP contribution in [0.2, 0.25) is 0 Å². The number of azide groups is 1. The number of esters is 2. The first-order chi connectivity index (χ1) is 8.45. The van der Waals surface area contributed by atoms with Crippen LogP contribution in [0.4, 0.5) is 0 Å². The number of rotatable bonds is 4. The average Bonchev–Trinajstić information content (AvgIpc) is 2.54. The van der Waals surface area contributed by atoms with E-state index in [1.165, 1.54) is 13.8 Å². The Morgan fingerprint density at radius 2 is 2.22 bits per heavy atom. The van der Waals surface area contributed by atoms with E-state index in [0.717, 1.165) is 0 Å². The van der Waals surface area contributed by atoms with Gasteiger partial charge in [-0.2, -0.15) is 0 Å². The average molecular weight is 256 g/mol. The number of hydrogen-bond donors (Lipinski definition) is 1. The Bertz CT molecular complexity index is 417. The summed E-state index contributed by atoms with van der Waals surface area (Å²) in [5, 5.41) is 5.71. The van der Waals surface area contributed by atoms with E-state index in [-0.39, 0.29) is 6.61 Å². The van der Waals surface area contributed by atoms with E-state index < -0.39 is 36.0 Å². The van der Waals surface area contributed by atoms with Crippen molar-refractivity contribution in [1.29, 1.82) is 0 Å². The van der Waals surface area contributed by atoms with Crippen LogP contribution in [0, 0.1) is 0 Å². The fraction of sp³-hybridized carbons (Fsp3) is 0.667. The molecule has 0 bridgehead atoms. The Balaban J connectivity index is 2.81. The van der Waals surface area contributed by atoms with Crippen LogP contribution < -0.4 is 5.32 Å². The molecule has 3 atom stereocenters. The monoisotopic (exact) mass is 256 g/mol. The first-order valence-electron chi connectivity index (χ1n) is 5.11. The number of cyclic esters (lactones) is 1. The molecule has 1 rings (SSSR count). The summed E-state index contributed by atoms with van der Waals surface area (Å²) in [6.45, 7) is 2.25. The predicted octanol–water partition coefficient (Wildman–Crippen LogP) is -0.342. The minimum absolute atomic E-state index is 0.205. The Morgan fingerprint density at radius 3 is 2.72 bits per heavy atom. The number of hydrogen-bond acceptors (Lipinski definition) is 6. The second kappa shape index (κ2) is 5.87. The van der Waals surface area contributed by atoms with Crippen LogP contribution in [-0.4, -0.2) is 42.6 Å². The van der Waals surface area contributed by atoms with Gasteiger partial charge in [0.2, 0.25) is 5.91 Å². The zero-order valence-electron chi connectivity index (χ0n) is 9.82. The Kier molecular flexibility index (Phi) is 4.50. The van der Waals surface area contributed by atoms with Crippen LogP contribution in [-0.2, 0) is 23.9 Å².